The highest BCUT2D eigenvalue weighted by molar-refractivity contribution is 6.30. The SMILES string of the molecule is CCCOc1ccc(C(=O)N/N=C/c2cc(Cl)ccc2OCC(N)=O)cc1OCC. The van der Waals surface area contributed by atoms with Gasteiger partial charge >= 0.3 is 0 Å². The molecule has 0 aliphatic carbocycles. The minimum Gasteiger partial charge on any atom is -0.490 e. The standard InChI is InChI=1S/C21H24ClN3O5/c1-3-9-29-18-7-5-14(11-19(18)28-4-2)21(27)25-24-12-15-10-16(22)6-8-17(15)30-13-20(23)26/h5-8,10-12H,3-4,9,13H2,1-2H3,(H2,23,26)(H,25,27)/b24-12+. The molecule has 160 valence electrons. The zero-order valence-electron chi connectivity index (χ0n) is 16.8. The van der Waals surface area contributed by atoms with Crippen molar-refractivity contribution in [3.05, 3.63) is 52.5 Å². The summed E-state index contributed by atoms with van der Waals surface area (Å²) in [5.74, 6) is 0.370. The van der Waals surface area contributed by atoms with Gasteiger partial charge in [-0.2, -0.15) is 5.10 Å². The molecule has 8 nitrogen and oxygen atoms in total. The van der Waals surface area contributed by atoms with Crippen molar-refractivity contribution in [3.8, 4) is 17.2 Å². The van der Waals surface area contributed by atoms with E-state index < -0.39 is 11.8 Å². The molecule has 0 atom stereocenters. The maximum atomic E-state index is 12.4. The van der Waals surface area contributed by atoms with Crippen LogP contribution in [-0.2, 0) is 4.79 Å². The molecular weight excluding hydrogens is 410 g/mol. The van der Waals surface area contributed by atoms with Gasteiger partial charge in [-0.05, 0) is 49.7 Å². The largest absolute Gasteiger partial charge is 0.490 e. The van der Waals surface area contributed by atoms with Crippen molar-refractivity contribution < 1.29 is 23.8 Å². The van der Waals surface area contributed by atoms with E-state index in [0.29, 0.717) is 46.6 Å². The van der Waals surface area contributed by atoms with Gasteiger partial charge in [0.05, 0.1) is 19.4 Å². The number of benzene rings is 2. The number of ether oxygens (including phenoxy) is 3. The molecule has 2 amide bonds. The van der Waals surface area contributed by atoms with E-state index in [1.54, 1.807) is 36.4 Å². The van der Waals surface area contributed by atoms with Crippen LogP contribution in [0.2, 0.25) is 5.02 Å². The van der Waals surface area contributed by atoms with Gasteiger partial charge in [0.15, 0.2) is 18.1 Å². The summed E-state index contributed by atoms with van der Waals surface area (Å²) in [6, 6.07) is 9.68. The molecule has 0 bridgehead atoms. The molecule has 0 radical (unpaired) electrons. The second-order valence-electron chi connectivity index (χ2n) is 6.08. The van der Waals surface area contributed by atoms with Gasteiger partial charge in [-0.25, -0.2) is 5.43 Å². The first-order valence-electron chi connectivity index (χ1n) is 9.38. The van der Waals surface area contributed by atoms with Crippen LogP contribution >= 0.6 is 11.6 Å². The predicted octanol–water partition coefficient (Wildman–Crippen LogP) is 3.16. The molecule has 0 saturated heterocycles. The lowest BCUT2D eigenvalue weighted by molar-refractivity contribution is -0.119. The fourth-order valence-electron chi connectivity index (χ4n) is 2.37. The number of hydrogen-bond donors (Lipinski definition) is 2. The Labute approximate surface area is 179 Å². The van der Waals surface area contributed by atoms with Crippen LogP contribution in [0, 0.1) is 0 Å². The summed E-state index contributed by atoms with van der Waals surface area (Å²) in [5, 5.41) is 4.39. The van der Waals surface area contributed by atoms with Gasteiger partial charge in [0.2, 0.25) is 0 Å². The molecule has 30 heavy (non-hydrogen) atoms. The van der Waals surface area contributed by atoms with Crippen molar-refractivity contribution >= 4 is 29.6 Å². The summed E-state index contributed by atoms with van der Waals surface area (Å²) in [5.41, 5.74) is 8.36. The van der Waals surface area contributed by atoms with Gasteiger partial charge in [-0.1, -0.05) is 18.5 Å². The average Bonchev–Trinajstić information content (AvgIpc) is 2.72. The molecule has 0 unspecified atom stereocenters. The molecule has 2 rings (SSSR count). The average molecular weight is 434 g/mol. The zero-order chi connectivity index (χ0) is 21.9. The molecule has 0 saturated carbocycles. The third kappa shape index (κ3) is 6.97. The highest BCUT2D eigenvalue weighted by Crippen LogP contribution is 2.28. The molecule has 0 heterocycles. The Kier molecular flexibility index (Phi) is 8.96. The van der Waals surface area contributed by atoms with Crippen molar-refractivity contribution in [1.82, 2.24) is 5.43 Å². The summed E-state index contributed by atoms with van der Waals surface area (Å²) in [7, 11) is 0. The number of halogens is 1. The summed E-state index contributed by atoms with van der Waals surface area (Å²) < 4.78 is 16.5. The Morgan fingerprint density at radius 1 is 1.07 bits per heavy atom. The number of rotatable bonds is 11. The molecule has 9 heteroatoms. The van der Waals surface area contributed by atoms with E-state index in [0.717, 1.165) is 6.42 Å². The van der Waals surface area contributed by atoms with E-state index in [2.05, 4.69) is 10.5 Å². The fraction of sp³-hybridized carbons (Fsp3) is 0.286. The summed E-state index contributed by atoms with van der Waals surface area (Å²) in [6.07, 6.45) is 2.22. The van der Waals surface area contributed by atoms with Crippen LogP contribution in [0.25, 0.3) is 0 Å². The van der Waals surface area contributed by atoms with Crippen molar-refractivity contribution in [3.63, 3.8) is 0 Å². The van der Waals surface area contributed by atoms with Crippen LogP contribution in [-0.4, -0.2) is 37.8 Å². The Balaban J connectivity index is 2.11. The second kappa shape index (κ2) is 11.7. The van der Waals surface area contributed by atoms with Crippen LogP contribution in [0.5, 0.6) is 17.2 Å². The second-order valence-corrected chi connectivity index (χ2v) is 6.52. The minimum atomic E-state index is -0.613. The van der Waals surface area contributed by atoms with Gasteiger partial charge in [-0.3, -0.25) is 9.59 Å². The predicted molar refractivity (Wildman–Crippen MR) is 115 cm³/mol. The molecule has 0 aliphatic rings. The van der Waals surface area contributed by atoms with Gasteiger partial charge in [0, 0.05) is 16.1 Å². The van der Waals surface area contributed by atoms with E-state index in [1.807, 2.05) is 13.8 Å². The molecule has 0 aromatic heterocycles. The van der Waals surface area contributed by atoms with Crippen molar-refractivity contribution in [1.29, 1.82) is 0 Å². The topological polar surface area (TPSA) is 112 Å². The Morgan fingerprint density at radius 2 is 1.83 bits per heavy atom. The van der Waals surface area contributed by atoms with E-state index in [9.17, 15) is 9.59 Å². The third-order valence-electron chi connectivity index (χ3n) is 3.68. The van der Waals surface area contributed by atoms with Crippen LogP contribution in [0.3, 0.4) is 0 Å². The summed E-state index contributed by atoms with van der Waals surface area (Å²) >= 11 is 5.99. The number of amides is 2. The molecule has 0 spiro atoms. The molecular formula is C21H24ClN3O5. The van der Waals surface area contributed by atoms with E-state index in [-0.39, 0.29) is 6.61 Å². The number of hydrazone groups is 1. The zero-order valence-corrected chi connectivity index (χ0v) is 17.6. The van der Waals surface area contributed by atoms with E-state index >= 15 is 0 Å². The lowest BCUT2D eigenvalue weighted by atomic mass is 10.2. The number of carbonyl (C=O) groups is 2. The van der Waals surface area contributed by atoms with Gasteiger partial charge in [-0.15, -0.1) is 0 Å². The number of nitrogens with two attached hydrogens (primary N) is 1. The van der Waals surface area contributed by atoms with Gasteiger partial charge < -0.3 is 19.9 Å². The maximum Gasteiger partial charge on any atom is 0.271 e. The van der Waals surface area contributed by atoms with E-state index in [4.69, 9.17) is 31.5 Å². The van der Waals surface area contributed by atoms with Crippen LogP contribution in [0.4, 0.5) is 0 Å². The molecule has 2 aromatic rings. The van der Waals surface area contributed by atoms with Gasteiger partial charge in [0.1, 0.15) is 5.75 Å². The van der Waals surface area contributed by atoms with Crippen LogP contribution < -0.4 is 25.4 Å². The van der Waals surface area contributed by atoms with Crippen LogP contribution in [0.15, 0.2) is 41.5 Å². The molecule has 0 aliphatic heterocycles. The van der Waals surface area contributed by atoms with E-state index in [1.165, 1.54) is 6.21 Å². The smallest absolute Gasteiger partial charge is 0.271 e. The normalized spacial score (nSPS) is 10.6. The summed E-state index contributed by atoms with van der Waals surface area (Å²) in [6.45, 7) is 4.56. The first kappa shape index (κ1) is 23.0. The first-order chi connectivity index (χ1) is 14.4. The number of primary amides is 1. The Morgan fingerprint density at radius 3 is 2.53 bits per heavy atom. The number of nitrogens with one attached hydrogen (secondary N) is 1. The minimum absolute atomic E-state index is 0.290. The number of hydrogen-bond acceptors (Lipinski definition) is 6. The Bertz CT molecular complexity index is 918. The highest BCUT2D eigenvalue weighted by Gasteiger charge is 2.11. The summed E-state index contributed by atoms with van der Waals surface area (Å²) in [4.78, 5) is 23.4. The number of nitrogens with zero attached hydrogens (tertiary/aromatic N) is 1. The van der Waals surface area contributed by atoms with Crippen molar-refractivity contribution in [2.75, 3.05) is 19.8 Å². The molecule has 2 aromatic carbocycles. The highest BCUT2D eigenvalue weighted by atomic mass is 35.5. The van der Waals surface area contributed by atoms with Crippen molar-refractivity contribution in [2.45, 2.75) is 20.3 Å². The van der Waals surface area contributed by atoms with Gasteiger partial charge in [0.25, 0.3) is 11.8 Å². The Hall–Kier alpha value is -3.26. The monoisotopic (exact) mass is 433 g/mol. The maximum absolute atomic E-state index is 12.4. The van der Waals surface area contributed by atoms with Crippen molar-refractivity contribution in [2.24, 2.45) is 10.8 Å². The van der Waals surface area contributed by atoms with Crippen LogP contribution in [0.1, 0.15) is 36.2 Å². The number of carbonyl (C=O) groups excluding carboxylic acids is 2. The molecule has 3 N–H and O–H groups in total. The first-order valence-corrected chi connectivity index (χ1v) is 9.76. The quantitative estimate of drug-likeness (QED) is 0.417. The lowest BCUT2D eigenvalue weighted by Gasteiger charge is -2.12. The third-order valence-corrected chi connectivity index (χ3v) is 3.91. The fourth-order valence-corrected chi connectivity index (χ4v) is 2.55. The lowest BCUT2D eigenvalue weighted by Crippen LogP contribution is -2.20. The molecule has 0 fully saturated rings.